The van der Waals surface area contributed by atoms with Crippen LogP contribution in [0.25, 0.3) is 0 Å². The standard InChI is InChI=1S/C20H27NO2/c1-3-11(4-2)18-17-13-9-8-12(10-13)16(17)14-6-5-7-15(20(22)23)19(14)21-18/h5-7,11-13,16-18,21H,3-4,8-10H2,1-2H3,(H,22,23)/t12-,13-,16+,17-,18-/m0/s1. The summed E-state index contributed by atoms with van der Waals surface area (Å²) in [6.07, 6.45) is 6.39. The Bertz CT molecular complexity index is 622. The Labute approximate surface area is 138 Å². The number of para-hydroxylation sites is 1. The van der Waals surface area contributed by atoms with Gasteiger partial charge in [-0.2, -0.15) is 0 Å². The van der Waals surface area contributed by atoms with Gasteiger partial charge in [0.25, 0.3) is 0 Å². The summed E-state index contributed by atoms with van der Waals surface area (Å²) in [5.74, 6) is 2.72. The summed E-state index contributed by atoms with van der Waals surface area (Å²) >= 11 is 0. The third-order valence-corrected chi connectivity index (χ3v) is 6.95. The third kappa shape index (κ3) is 2.12. The summed E-state index contributed by atoms with van der Waals surface area (Å²) in [5, 5.41) is 13.3. The predicted molar refractivity (Wildman–Crippen MR) is 91.9 cm³/mol. The van der Waals surface area contributed by atoms with Crippen LogP contribution in [0.4, 0.5) is 5.69 Å². The molecule has 2 bridgehead atoms. The molecule has 4 rings (SSSR count). The number of nitrogens with one attached hydrogen (secondary N) is 1. The molecule has 0 spiro atoms. The molecule has 2 aliphatic carbocycles. The molecule has 5 atom stereocenters. The molecule has 1 aromatic carbocycles. The summed E-state index contributed by atoms with van der Waals surface area (Å²) in [4.78, 5) is 11.7. The first kappa shape index (κ1) is 15.0. The maximum Gasteiger partial charge on any atom is 0.337 e. The second-order valence-corrected chi connectivity index (χ2v) is 7.76. The van der Waals surface area contributed by atoms with Gasteiger partial charge < -0.3 is 10.4 Å². The fraction of sp³-hybridized carbons (Fsp3) is 0.650. The van der Waals surface area contributed by atoms with Gasteiger partial charge in [-0.05, 0) is 60.5 Å². The number of carboxylic acid groups (broad SMARTS) is 1. The lowest BCUT2D eigenvalue weighted by atomic mass is 9.65. The first-order chi connectivity index (χ1) is 11.2. The van der Waals surface area contributed by atoms with Crippen molar-refractivity contribution >= 4 is 11.7 Å². The first-order valence-electron chi connectivity index (χ1n) is 9.28. The molecule has 23 heavy (non-hydrogen) atoms. The van der Waals surface area contributed by atoms with Crippen molar-refractivity contribution < 1.29 is 9.90 Å². The lowest BCUT2D eigenvalue weighted by Gasteiger charge is -2.46. The van der Waals surface area contributed by atoms with E-state index in [1.807, 2.05) is 6.07 Å². The van der Waals surface area contributed by atoms with E-state index in [1.54, 1.807) is 6.07 Å². The molecule has 2 saturated carbocycles. The molecule has 1 aromatic rings. The zero-order valence-corrected chi connectivity index (χ0v) is 14.1. The quantitative estimate of drug-likeness (QED) is 0.843. The Morgan fingerprint density at radius 3 is 2.70 bits per heavy atom. The molecular weight excluding hydrogens is 286 g/mol. The number of hydrogen-bond acceptors (Lipinski definition) is 2. The van der Waals surface area contributed by atoms with Gasteiger partial charge >= 0.3 is 5.97 Å². The third-order valence-electron chi connectivity index (χ3n) is 6.95. The normalized spacial score (nSPS) is 34.1. The zero-order chi connectivity index (χ0) is 16.1. The van der Waals surface area contributed by atoms with Gasteiger partial charge in [-0.3, -0.25) is 0 Å². The summed E-state index contributed by atoms with van der Waals surface area (Å²) < 4.78 is 0. The fourth-order valence-electron chi connectivity index (χ4n) is 5.99. The Balaban J connectivity index is 1.83. The summed E-state index contributed by atoms with van der Waals surface area (Å²) in [6.45, 7) is 4.55. The van der Waals surface area contributed by atoms with Crippen LogP contribution < -0.4 is 5.32 Å². The Hall–Kier alpha value is -1.51. The molecule has 3 heteroatoms. The molecule has 0 radical (unpaired) electrons. The molecule has 2 N–H and O–H groups in total. The SMILES string of the molecule is CCC(CC)[C@@H]1Nc2c(C(=O)O)cccc2[C@H]2[C@H]3CC[C@@H](C3)[C@@H]21. The molecule has 0 saturated heterocycles. The van der Waals surface area contributed by atoms with Gasteiger partial charge in [-0.1, -0.05) is 38.8 Å². The summed E-state index contributed by atoms with van der Waals surface area (Å²) in [7, 11) is 0. The van der Waals surface area contributed by atoms with Gasteiger partial charge in [-0.15, -0.1) is 0 Å². The highest BCUT2D eigenvalue weighted by Gasteiger charge is 2.54. The second kappa shape index (κ2) is 5.54. The van der Waals surface area contributed by atoms with E-state index < -0.39 is 5.97 Å². The van der Waals surface area contributed by atoms with Crippen LogP contribution in [0.5, 0.6) is 0 Å². The van der Waals surface area contributed by atoms with Gasteiger partial charge in [0.15, 0.2) is 0 Å². The van der Waals surface area contributed by atoms with Crippen molar-refractivity contribution in [2.24, 2.45) is 23.7 Å². The number of benzene rings is 1. The maximum absolute atomic E-state index is 11.7. The number of carboxylic acids is 1. The van der Waals surface area contributed by atoms with Crippen molar-refractivity contribution in [2.45, 2.75) is 57.9 Å². The largest absolute Gasteiger partial charge is 0.478 e. The van der Waals surface area contributed by atoms with E-state index in [0.717, 1.165) is 17.5 Å². The van der Waals surface area contributed by atoms with E-state index in [2.05, 4.69) is 25.2 Å². The van der Waals surface area contributed by atoms with Gasteiger partial charge in [0, 0.05) is 6.04 Å². The van der Waals surface area contributed by atoms with Crippen LogP contribution in [0.2, 0.25) is 0 Å². The van der Waals surface area contributed by atoms with E-state index in [4.69, 9.17) is 0 Å². The van der Waals surface area contributed by atoms with Crippen LogP contribution in [-0.2, 0) is 0 Å². The lowest BCUT2D eigenvalue weighted by molar-refractivity contribution is 0.0697. The van der Waals surface area contributed by atoms with E-state index in [0.29, 0.717) is 29.4 Å². The molecule has 0 unspecified atom stereocenters. The van der Waals surface area contributed by atoms with Crippen LogP contribution >= 0.6 is 0 Å². The predicted octanol–water partition coefficient (Wildman–Crippen LogP) is 4.74. The van der Waals surface area contributed by atoms with Crippen LogP contribution in [-0.4, -0.2) is 17.1 Å². The molecule has 124 valence electrons. The van der Waals surface area contributed by atoms with E-state index in [-0.39, 0.29) is 0 Å². The smallest absolute Gasteiger partial charge is 0.337 e. The van der Waals surface area contributed by atoms with Crippen molar-refractivity contribution in [1.29, 1.82) is 0 Å². The van der Waals surface area contributed by atoms with Crippen molar-refractivity contribution in [3.8, 4) is 0 Å². The zero-order valence-electron chi connectivity index (χ0n) is 14.1. The number of rotatable bonds is 4. The highest BCUT2D eigenvalue weighted by Crippen LogP contribution is 2.62. The van der Waals surface area contributed by atoms with Crippen molar-refractivity contribution in [1.82, 2.24) is 0 Å². The minimum atomic E-state index is -0.806. The number of carbonyl (C=O) groups is 1. The molecule has 3 nitrogen and oxygen atoms in total. The monoisotopic (exact) mass is 313 g/mol. The molecular formula is C20H27NO2. The summed E-state index contributed by atoms with van der Waals surface area (Å²) in [5.41, 5.74) is 2.66. The highest BCUT2D eigenvalue weighted by atomic mass is 16.4. The van der Waals surface area contributed by atoms with Crippen molar-refractivity contribution in [3.05, 3.63) is 29.3 Å². The van der Waals surface area contributed by atoms with Crippen molar-refractivity contribution in [2.75, 3.05) is 5.32 Å². The van der Waals surface area contributed by atoms with Gasteiger partial charge in [-0.25, -0.2) is 4.79 Å². The number of fused-ring (bicyclic) bond motifs is 7. The van der Waals surface area contributed by atoms with Crippen molar-refractivity contribution in [3.63, 3.8) is 0 Å². The number of anilines is 1. The fourth-order valence-corrected chi connectivity index (χ4v) is 5.99. The van der Waals surface area contributed by atoms with Crippen LogP contribution in [0, 0.1) is 23.7 Å². The molecule has 1 heterocycles. The van der Waals surface area contributed by atoms with Crippen LogP contribution in [0.3, 0.4) is 0 Å². The van der Waals surface area contributed by atoms with Gasteiger partial charge in [0.05, 0.1) is 11.3 Å². The van der Waals surface area contributed by atoms with E-state index in [9.17, 15) is 9.90 Å². The van der Waals surface area contributed by atoms with Gasteiger partial charge in [0.1, 0.15) is 0 Å². The summed E-state index contributed by atoms with van der Waals surface area (Å²) in [6, 6.07) is 6.31. The molecule has 0 aromatic heterocycles. The van der Waals surface area contributed by atoms with Gasteiger partial charge in [0.2, 0.25) is 0 Å². The first-order valence-corrected chi connectivity index (χ1v) is 9.28. The average molecular weight is 313 g/mol. The Morgan fingerprint density at radius 2 is 2.00 bits per heavy atom. The molecule has 3 aliphatic rings. The molecule has 2 fully saturated rings. The van der Waals surface area contributed by atoms with E-state index >= 15 is 0 Å². The minimum Gasteiger partial charge on any atom is -0.478 e. The average Bonchev–Trinajstić information content (AvgIpc) is 3.17. The van der Waals surface area contributed by atoms with Crippen LogP contribution in [0.15, 0.2) is 18.2 Å². The Morgan fingerprint density at radius 1 is 1.26 bits per heavy atom. The lowest BCUT2D eigenvalue weighted by Crippen LogP contribution is -2.45. The van der Waals surface area contributed by atoms with E-state index in [1.165, 1.54) is 37.7 Å². The second-order valence-electron chi connectivity index (χ2n) is 7.76. The number of aromatic carboxylic acids is 1. The number of hydrogen-bond donors (Lipinski definition) is 2. The molecule has 1 aliphatic heterocycles. The molecule has 0 amide bonds. The highest BCUT2D eigenvalue weighted by molar-refractivity contribution is 5.95. The minimum absolute atomic E-state index is 0.443. The maximum atomic E-state index is 11.7. The topological polar surface area (TPSA) is 49.3 Å². The Kier molecular flexibility index (Phi) is 3.62. The van der Waals surface area contributed by atoms with Crippen LogP contribution in [0.1, 0.15) is 67.8 Å².